The highest BCUT2D eigenvalue weighted by Gasteiger charge is 2.29. The molecule has 0 spiro atoms. The molecule has 1 aliphatic heterocycles. The zero-order chi connectivity index (χ0) is 18.8. The van der Waals surface area contributed by atoms with Crippen LogP contribution < -0.4 is 10.6 Å². The summed E-state index contributed by atoms with van der Waals surface area (Å²) in [4.78, 5) is 29.9. The Balaban J connectivity index is 1.59. The van der Waals surface area contributed by atoms with E-state index in [0.29, 0.717) is 24.5 Å². The lowest BCUT2D eigenvalue weighted by atomic mass is 10.1. The van der Waals surface area contributed by atoms with E-state index in [0.717, 1.165) is 44.2 Å². The largest absolute Gasteiger partial charge is 0.347 e. The molecular formula is C20H23FN4O2. The van der Waals surface area contributed by atoms with Gasteiger partial charge in [0, 0.05) is 18.3 Å². The number of carbonyl (C=O) groups excluding carboxylic acids is 2. The fourth-order valence-corrected chi connectivity index (χ4v) is 3.97. The van der Waals surface area contributed by atoms with Gasteiger partial charge in [-0.15, -0.1) is 0 Å². The van der Waals surface area contributed by atoms with Gasteiger partial charge in [-0.05, 0) is 50.3 Å². The number of amides is 2. The molecule has 2 heterocycles. The number of benzene rings is 1. The first-order chi connectivity index (χ1) is 13.1. The van der Waals surface area contributed by atoms with Gasteiger partial charge in [-0.1, -0.05) is 18.9 Å². The molecular weight excluding hydrogens is 347 g/mol. The predicted molar refractivity (Wildman–Crippen MR) is 99.2 cm³/mol. The minimum absolute atomic E-state index is 0.193. The number of hydrogen-bond donors (Lipinski definition) is 2. The Morgan fingerprint density at radius 3 is 2.70 bits per heavy atom. The number of imidazole rings is 1. The zero-order valence-electron chi connectivity index (χ0n) is 15.1. The first-order valence-corrected chi connectivity index (χ1v) is 9.59. The normalized spacial score (nSPS) is 16.8. The Morgan fingerprint density at radius 1 is 1.11 bits per heavy atom. The van der Waals surface area contributed by atoms with Gasteiger partial charge >= 0.3 is 0 Å². The maximum Gasteiger partial charge on any atom is 0.287 e. The molecule has 1 fully saturated rings. The summed E-state index contributed by atoms with van der Waals surface area (Å²) in [5.41, 5.74) is 1.41. The van der Waals surface area contributed by atoms with Crippen molar-refractivity contribution >= 4 is 17.5 Å². The number of aromatic nitrogens is 2. The molecule has 2 N–H and O–H groups in total. The van der Waals surface area contributed by atoms with Crippen molar-refractivity contribution in [3.05, 3.63) is 47.3 Å². The van der Waals surface area contributed by atoms with E-state index < -0.39 is 11.7 Å². The van der Waals surface area contributed by atoms with Crippen LogP contribution in [0, 0.1) is 5.82 Å². The molecule has 7 heteroatoms. The van der Waals surface area contributed by atoms with E-state index in [1.165, 1.54) is 18.2 Å². The van der Waals surface area contributed by atoms with E-state index >= 15 is 0 Å². The molecule has 6 nitrogen and oxygen atoms in total. The SMILES string of the molecule is O=C(Nc1cccc(F)c1)c1nc(C(=O)NC2CCCC2)n2c1CCCC2. The van der Waals surface area contributed by atoms with Crippen LogP contribution >= 0.6 is 0 Å². The van der Waals surface area contributed by atoms with Crippen molar-refractivity contribution < 1.29 is 14.0 Å². The van der Waals surface area contributed by atoms with Crippen molar-refractivity contribution in [2.45, 2.75) is 57.5 Å². The number of hydrogen-bond acceptors (Lipinski definition) is 3. The molecule has 0 atom stereocenters. The van der Waals surface area contributed by atoms with Crippen LogP contribution in [0.25, 0.3) is 0 Å². The van der Waals surface area contributed by atoms with Crippen LogP contribution in [-0.4, -0.2) is 27.4 Å². The molecule has 1 aliphatic carbocycles. The second-order valence-corrected chi connectivity index (χ2v) is 7.26. The van der Waals surface area contributed by atoms with Crippen molar-refractivity contribution in [1.29, 1.82) is 0 Å². The summed E-state index contributed by atoms with van der Waals surface area (Å²) in [6.07, 6.45) is 6.86. The van der Waals surface area contributed by atoms with E-state index in [1.54, 1.807) is 6.07 Å². The van der Waals surface area contributed by atoms with Crippen LogP contribution in [-0.2, 0) is 13.0 Å². The zero-order valence-corrected chi connectivity index (χ0v) is 15.1. The summed E-state index contributed by atoms with van der Waals surface area (Å²) < 4.78 is 15.2. The molecule has 27 heavy (non-hydrogen) atoms. The topological polar surface area (TPSA) is 76.0 Å². The lowest BCUT2D eigenvalue weighted by molar-refractivity contribution is 0.0921. The Bertz CT molecular complexity index is 871. The maximum atomic E-state index is 13.4. The summed E-state index contributed by atoms with van der Waals surface area (Å²) in [7, 11) is 0. The average Bonchev–Trinajstić information content (AvgIpc) is 3.29. The lowest BCUT2D eigenvalue weighted by Crippen LogP contribution is -2.35. The highest BCUT2D eigenvalue weighted by molar-refractivity contribution is 6.05. The van der Waals surface area contributed by atoms with Crippen LogP contribution in [0.5, 0.6) is 0 Å². The molecule has 2 aliphatic rings. The van der Waals surface area contributed by atoms with Gasteiger partial charge in [0.15, 0.2) is 11.5 Å². The second-order valence-electron chi connectivity index (χ2n) is 7.26. The molecule has 2 aromatic rings. The number of carbonyl (C=O) groups is 2. The third-order valence-corrected chi connectivity index (χ3v) is 5.31. The van der Waals surface area contributed by atoms with E-state index in [4.69, 9.17) is 0 Å². The highest BCUT2D eigenvalue weighted by atomic mass is 19.1. The van der Waals surface area contributed by atoms with Gasteiger partial charge in [-0.25, -0.2) is 9.37 Å². The Kier molecular flexibility index (Phi) is 4.92. The van der Waals surface area contributed by atoms with Crippen molar-refractivity contribution in [2.75, 3.05) is 5.32 Å². The van der Waals surface area contributed by atoms with Gasteiger partial charge < -0.3 is 15.2 Å². The molecule has 0 bridgehead atoms. The summed E-state index contributed by atoms with van der Waals surface area (Å²) in [5.74, 6) is -0.738. The van der Waals surface area contributed by atoms with E-state index in [9.17, 15) is 14.0 Å². The van der Waals surface area contributed by atoms with Crippen LogP contribution in [0.3, 0.4) is 0 Å². The van der Waals surface area contributed by atoms with Gasteiger partial charge in [0.25, 0.3) is 11.8 Å². The number of anilines is 1. The summed E-state index contributed by atoms with van der Waals surface area (Å²) in [5, 5.41) is 5.74. The van der Waals surface area contributed by atoms with Crippen LogP contribution in [0.15, 0.2) is 24.3 Å². The van der Waals surface area contributed by atoms with Gasteiger partial charge in [0.1, 0.15) is 5.82 Å². The molecule has 0 saturated heterocycles. The molecule has 1 aromatic carbocycles. The Hall–Kier alpha value is -2.70. The second kappa shape index (κ2) is 7.50. The smallest absolute Gasteiger partial charge is 0.287 e. The van der Waals surface area contributed by atoms with Crippen LogP contribution in [0.2, 0.25) is 0 Å². The summed E-state index contributed by atoms with van der Waals surface area (Å²) >= 11 is 0. The van der Waals surface area contributed by atoms with Crippen LogP contribution in [0.4, 0.5) is 10.1 Å². The molecule has 0 radical (unpaired) electrons. The molecule has 4 rings (SSSR count). The average molecular weight is 370 g/mol. The van der Waals surface area contributed by atoms with Crippen molar-refractivity contribution in [3.8, 4) is 0 Å². The maximum absolute atomic E-state index is 13.4. The third kappa shape index (κ3) is 3.72. The quantitative estimate of drug-likeness (QED) is 0.867. The molecule has 0 unspecified atom stereocenters. The number of rotatable bonds is 4. The van der Waals surface area contributed by atoms with Gasteiger partial charge in [-0.2, -0.15) is 0 Å². The number of nitrogens with one attached hydrogen (secondary N) is 2. The minimum Gasteiger partial charge on any atom is -0.347 e. The minimum atomic E-state index is -0.420. The Morgan fingerprint density at radius 2 is 1.93 bits per heavy atom. The van der Waals surface area contributed by atoms with Gasteiger partial charge in [0.2, 0.25) is 0 Å². The van der Waals surface area contributed by atoms with Gasteiger partial charge in [0.05, 0.1) is 5.69 Å². The number of fused-ring (bicyclic) bond motifs is 1. The summed E-state index contributed by atoms with van der Waals surface area (Å²) in [6.45, 7) is 0.684. The molecule has 2 amide bonds. The van der Waals surface area contributed by atoms with E-state index in [1.807, 2.05) is 4.57 Å². The van der Waals surface area contributed by atoms with Crippen molar-refractivity contribution in [3.63, 3.8) is 0 Å². The van der Waals surface area contributed by atoms with Crippen LogP contribution in [0.1, 0.15) is 65.3 Å². The molecule has 1 aromatic heterocycles. The molecule has 1 saturated carbocycles. The molecule has 142 valence electrons. The number of halogens is 1. The standard InChI is InChI=1S/C20H23FN4O2/c21-13-6-5-9-15(12-13)23-19(26)17-16-10-3-4-11-25(16)18(24-17)20(27)22-14-7-1-2-8-14/h5-6,9,12,14H,1-4,7-8,10-11H2,(H,22,27)(H,23,26). The fourth-order valence-electron chi connectivity index (χ4n) is 3.97. The monoisotopic (exact) mass is 370 g/mol. The van der Waals surface area contributed by atoms with Crippen molar-refractivity contribution in [1.82, 2.24) is 14.9 Å². The summed E-state index contributed by atoms with van der Waals surface area (Å²) in [6, 6.07) is 5.93. The first-order valence-electron chi connectivity index (χ1n) is 9.59. The predicted octanol–water partition coefficient (Wildman–Crippen LogP) is 3.28. The van der Waals surface area contributed by atoms with Crippen molar-refractivity contribution in [2.24, 2.45) is 0 Å². The highest BCUT2D eigenvalue weighted by Crippen LogP contribution is 2.23. The van der Waals surface area contributed by atoms with E-state index in [2.05, 4.69) is 15.6 Å². The lowest BCUT2D eigenvalue weighted by Gasteiger charge is -2.18. The third-order valence-electron chi connectivity index (χ3n) is 5.31. The van der Waals surface area contributed by atoms with Gasteiger partial charge in [-0.3, -0.25) is 9.59 Å². The fraction of sp³-hybridized carbons (Fsp3) is 0.450. The Labute approximate surface area is 157 Å². The first kappa shape index (κ1) is 17.7. The van der Waals surface area contributed by atoms with E-state index in [-0.39, 0.29) is 17.6 Å². The number of nitrogens with zero attached hydrogens (tertiary/aromatic N) is 2.